The van der Waals surface area contributed by atoms with E-state index in [-0.39, 0.29) is 16.5 Å². The van der Waals surface area contributed by atoms with Gasteiger partial charge in [-0.25, -0.2) is 0 Å². The molecule has 5 rings (SSSR count). The number of hydrogen-bond acceptors (Lipinski definition) is 2. The van der Waals surface area contributed by atoms with Crippen LogP contribution in [0, 0.1) is 0 Å². The summed E-state index contributed by atoms with van der Waals surface area (Å²) in [6.07, 6.45) is 15.1. The van der Waals surface area contributed by atoms with Crippen LogP contribution in [0.3, 0.4) is 0 Å². The Morgan fingerprint density at radius 2 is 1.07 bits per heavy atom. The highest BCUT2D eigenvalue weighted by molar-refractivity contribution is 5.87. The van der Waals surface area contributed by atoms with Crippen molar-refractivity contribution in [2.45, 2.75) is 43.2 Å². The minimum absolute atomic E-state index is 0.297. The highest BCUT2D eigenvalue weighted by Crippen LogP contribution is 2.58. The van der Waals surface area contributed by atoms with Crippen molar-refractivity contribution in [3.63, 3.8) is 0 Å². The zero-order valence-corrected chi connectivity index (χ0v) is 17.2. The van der Waals surface area contributed by atoms with Crippen LogP contribution in [0.1, 0.15) is 37.8 Å². The lowest BCUT2D eigenvalue weighted by Crippen LogP contribution is -2.39. The zero-order valence-electron chi connectivity index (χ0n) is 17.2. The molecular formula is C27H28N2. The Morgan fingerprint density at radius 3 is 1.45 bits per heavy atom. The maximum Gasteiger partial charge on any atom is 0.0707 e. The van der Waals surface area contributed by atoms with Crippen LogP contribution in [-0.4, -0.2) is 11.1 Å². The molecule has 2 unspecified atom stereocenters. The van der Waals surface area contributed by atoms with Crippen LogP contribution in [0.4, 0.5) is 0 Å². The van der Waals surface area contributed by atoms with Crippen molar-refractivity contribution in [1.29, 1.82) is 0 Å². The summed E-state index contributed by atoms with van der Waals surface area (Å²) in [5.74, 6) is 0. The fourth-order valence-corrected chi connectivity index (χ4v) is 5.07. The Bertz CT molecular complexity index is 1020. The number of nitrogens with two attached hydrogens (primary N) is 2. The van der Waals surface area contributed by atoms with Gasteiger partial charge in [0, 0.05) is 11.1 Å². The van der Waals surface area contributed by atoms with Crippen LogP contribution in [0.15, 0.2) is 96.1 Å². The number of allylic oxidation sites excluding steroid dienone is 4. The first-order chi connectivity index (χ1) is 13.8. The van der Waals surface area contributed by atoms with Gasteiger partial charge in [-0.3, -0.25) is 0 Å². The largest absolute Gasteiger partial charge is 0.322 e. The van der Waals surface area contributed by atoms with Crippen molar-refractivity contribution < 1.29 is 0 Å². The van der Waals surface area contributed by atoms with Crippen LogP contribution in [-0.2, 0) is 5.41 Å². The van der Waals surface area contributed by atoms with Crippen molar-refractivity contribution in [3.8, 4) is 11.1 Å². The Balaban J connectivity index is 1.82. The molecule has 0 fully saturated rings. The van der Waals surface area contributed by atoms with Crippen molar-refractivity contribution in [1.82, 2.24) is 0 Å². The van der Waals surface area contributed by atoms with Crippen molar-refractivity contribution in [2.24, 2.45) is 11.5 Å². The van der Waals surface area contributed by atoms with Gasteiger partial charge in [-0.05, 0) is 60.1 Å². The second kappa shape index (κ2) is 6.16. The minimum atomic E-state index is -0.326. The lowest BCUT2D eigenvalue weighted by atomic mass is 9.63. The summed E-state index contributed by atoms with van der Waals surface area (Å²) in [7, 11) is 0. The van der Waals surface area contributed by atoms with Crippen LogP contribution in [0.25, 0.3) is 11.1 Å². The molecule has 0 aromatic heterocycles. The molecule has 0 heterocycles. The summed E-state index contributed by atoms with van der Waals surface area (Å²) in [6.45, 7) is 4.17. The number of benzene rings is 2. The Hall–Kier alpha value is -2.68. The van der Waals surface area contributed by atoms with Gasteiger partial charge in [0.15, 0.2) is 0 Å². The van der Waals surface area contributed by atoms with Gasteiger partial charge in [0.1, 0.15) is 0 Å². The van der Waals surface area contributed by atoms with Gasteiger partial charge in [0.25, 0.3) is 0 Å². The second-order valence-corrected chi connectivity index (χ2v) is 9.25. The summed E-state index contributed by atoms with van der Waals surface area (Å²) >= 11 is 0. The van der Waals surface area contributed by atoms with E-state index in [4.69, 9.17) is 11.5 Å². The van der Waals surface area contributed by atoms with Gasteiger partial charge in [0.2, 0.25) is 0 Å². The van der Waals surface area contributed by atoms with E-state index in [9.17, 15) is 0 Å². The summed E-state index contributed by atoms with van der Waals surface area (Å²) in [5.41, 5.74) is 19.8. The van der Waals surface area contributed by atoms with Gasteiger partial charge in [0.05, 0.1) is 5.41 Å². The first-order valence-corrected chi connectivity index (χ1v) is 10.4. The molecule has 0 aliphatic heterocycles. The highest BCUT2D eigenvalue weighted by atomic mass is 14.7. The Labute approximate surface area is 173 Å². The van der Waals surface area contributed by atoms with Gasteiger partial charge < -0.3 is 11.5 Å². The van der Waals surface area contributed by atoms with E-state index in [0.717, 1.165) is 12.8 Å². The average molecular weight is 381 g/mol. The number of hydrogen-bond donors (Lipinski definition) is 2. The third kappa shape index (κ3) is 2.71. The first kappa shape index (κ1) is 18.4. The van der Waals surface area contributed by atoms with Crippen LogP contribution >= 0.6 is 0 Å². The quantitative estimate of drug-likeness (QED) is 0.756. The van der Waals surface area contributed by atoms with Gasteiger partial charge in [-0.2, -0.15) is 0 Å². The van der Waals surface area contributed by atoms with E-state index < -0.39 is 0 Å². The van der Waals surface area contributed by atoms with E-state index in [2.05, 4.69) is 98.8 Å². The van der Waals surface area contributed by atoms with Crippen molar-refractivity contribution in [3.05, 3.63) is 107 Å². The predicted octanol–water partition coefficient (Wildman–Crippen LogP) is 5.16. The fraction of sp³-hybridized carbons (Fsp3) is 0.259. The van der Waals surface area contributed by atoms with Crippen molar-refractivity contribution >= 4 is 0 Å². The molecule has 2 nitrogen and oxygen atoms in total. The molecule has 0 bridgehead atoms. The van der Waals surface area contributed by atoms with E-state index in [1.807, 2.05) is 0 Å². The number of fused-ring (bicyclic) bond motifs is 3. The molecule has 0 saturated heterocycles. The third-order valence-electron chi connectivity index (χ3n) is 6.63. The molecule has 2 aromatic carbocycles. The molecule has 2 atom stereocenters. The molecule has 0 saturated carbocycles. The molecule has 3 aliphatic rings. The van der Waals surface area contributed by atoms with Gasteiger partial charge in [-0.1, -0.05) is 85.0 Å². The minimum Gasteiger partial charge on any atom is -0.322 e. The smallest absolute Gasteiger partial charge is 0.0707 e. The third-order valence-corrected chi connectivity index (χ3v) is 6.63. The number of rotatable bonds is 2. The van der Waals surface area contributed by atoms with Crippen LogP contribution in [0.5, 0.6) is 0 Å². The fourth-order valence-electron chi connectivity index (χ4n) is 5.07. The lowest BCUT2D eigenvalue weighted by Gasteiger charge is -2.40. The molecular weight excluding hydrogens is 352 g/mol. The summed E-state index contributed by atoms with van der Waals surface area (Å²) < 4.78 is 0. The topological polar surface area (TPSA) is 52.0 Å². The van der Waals surface area contributed by atoms with E-state index in [0.29, 0.717) is 0 Å². The molecule has 3 aliphatic carbocycles. The van der Waals surface area contributed by atoms with Crippen LogP contribution < -0.4 is 11.5 Å². The molecule has 2 heteroatoms. The maximum atomic E-state index is 6.41. The monoisotopic (exact) mass is 380 g/mol. The van der Waals surface area contributed by atoms with E-state index in [1.54, 1.807) is 0 Å². The van der Waals surface area contributed by atoms with E-state index in [1.165, 1.54) is 33.4 Å². The van der Waals surface area contributed by atoms with Crippen LogP contribution in [0.2, 0.25) is 0 Å². The summed E-state index contributed by atoms with van der Waals surface area (Å²) in [6, 6.07) is 17.6. The van der Waals surface area contributed by atoms with Crippen molar-refractivity contribution in [2.75, 3.05) is 0 Å². The average Bonchev–Trinajstić information content (AvgIpc) is 3.00. The standard InChI is InChI=1S/C27H28N2/c1-25(28)15-11-19(12-16-25)27(20-13-17-26(2,29)18-14-20)23-9-5-3-7-21(23)22-8-4-6-10-24(22)27/h3-15,17H,16,18,28-29H2,1-2H3. The molecule has 0 spiro atoms. The van der Waals surface area contributed by atoms with Gasteiger partial charge >= 0.3 is 0 Å². The molecule has 29 heavy (non-hydrogen) atoms. The maximum absolute atomic E-state index is 6.41. The predicted molar refractivity (Wildman–Crippen MR) is 122 cm³/mol. The SMILES string of the molecule is CC1(N)C=CC(C2(C3=CCC(C)(N)C=C3)c3ccccc3-c3ccccc32)=CC1. The Morgan fingerprint density at radius 1 is 0.655 bits per heavy atom. The normalized spacial score (nSPS) is 29.1. The molecule has 0 amide bonds. The summed E-state index contributed by atoms with van der Waals surface area (Å²) in [5, 5.41) is 0. The highest BCUT2D eigenvalue weighted by Gasteiger charge is 2.48. The Kier molecular flexibility index (Phi) is 3.90. The second-order valence-electron chi connectivity index (χ2n) is 9.25. The first-order valence-electron chi connectivity index (χ1n) is 10.4. The lowest BCUT2D eigenvalue weighted by molar-refractivity contribution is 0.567. The molecule has 146 valence electrons. The molecule has 0 radical (unpaired) electrons. The van der Waals surface area contributed by atoms with E-state index >= 15 is 0 Å². The van der Waals surface area contributed by atoms with Gasteiger partial charge in [-0.15, -0.1) is 0 Å². The molecule has 2 aromatic rings. The zero-order chi connectivity index (χ0) is 20.3. The summed E-state index contributed by atoms with van der Waals surface area (Å²) in [4.78, 5) is 0. The molecule has 4 N–H and O–H groups in total.